The molecular formula is C10H8F2N2O3. The van der Waals surface area contributed by atoms with Gasteiger partial charge in [0.25, 0.3) is 6.43 Å². The maximum absolute atomic E-state index is 12.5. The van der Waals surface area contributed by atoms with Gasteiger partial charge in [-0.3, -0.25) is 0 Å². The van der Waals surface area contributed by atoms with Crippen molar-refractivity contribution in [2.45, 2.75) is 6.43 Å². The lowest BCUT2D eigenvalue weighted by atomic mass is 10.1. The number of alkyl halides is 2. The van der Waals surface area contributed by atoms with Crippen LogP contribution in [-0.2, 0) is 4.74 Å². The minimum absolute atomic E-state index is 0.233. The van der Waals surface area contributed by atoms with Crippen molar-refractivity contribution in [1.82, 2.24) is 4.98 Å². The Morgan fingerprint density at radius 2 is 2.18 bits per heavy atom. The van der Waals surface area contributed by atoms with Gasteiger partial charge in [-0.25, -0.2) is 18.6 Å². The molecule has 0 spiro atoms. The van der Waals surface area contributed by atoms with Gasteiger partial charge in [0.05, 0.1) is 19.8 Å². The Kier molecular flexibility index (Phi) is 3.93. The fraction of sp³-hybridized carbons (Fsp3) is 0.300. The van der Waals surface area contributed by atoms with E-state index in [4.69, 9.17) is 5.26 Å². The van der Waals surface area contributed by atoms with Crippen LogP contribution in [0.3, 0.4) is 0 Å². The topological polar surface area (TPSA) is 72.2 Å². The number of esters is 1. The summed E-state index contributed by atoms with van der Waals surface area (Å²) in [5, 5.41) is 8.84. The van der Waals surface area contributed by atoms with Crippen LogP contribution in [0.4, 0.5) is 8.78 Å². The number of carbonyl (C=O) groups is 1. The molecule has 17 heavy (non-hydrogen) atoms. The average molecular weight is 242 g/mol. The Hall–Kier alpha value is -2.23. The van der Waals surface area contributed by atoms with E-state index in [9.17, 15) is 13.6 Å². The summed E-state index contributed by atoms with van der Waals surface area (Å²) in [6.45, 7) is 0. The van der Waals surface area contributed by atoms with E-state index in [1.807, 2.05) is 0 Å². The molecule has 0 atom stereocenters. The van der Waals surface area contributed by atoms with Crippen molar-refractivity contribution in [2.24, 2.45) is 0 Å². The Labute approximate surface area is 95.6 Å². The smallest absolute Gasteiger partial charge is 0.339 e. The maximum Gasteiger partial charge on any atom is 0.339 e. The first-order valence-electron chi connectivity index (χ1n) is 4.40. The molecule has 0 fully saturated rings. The predicted molar refractivity (Wildman–Crippen MR) is 51.8 cm³/mol. The van der Waals surface area contributed by atoms with Gasteiger partial charge < -0.3 is 9.47 Å². The monoisotopic (exact) mass is 242 g/mol. The average Bonchev–Trinajstić information content (AvgIpc) is 2.35. The van der Waals surface area contributed by atoms with Gasteiger partial charge >= 0.3 is 5.97 Å². The van der Waals surface area contributed by atoms with Crippen LogP contribution in [0.5, 0.6) is 5.88 Å². The van der Waals surface area contributed by atoms with Crippen molar-refractivity contribution >= 4 is 5.97 Å². The summed E-state index contributed by atoms with van der Waals surface area (Å²) < 4.78 is 34.1. The van der Waals surface area contributed by atoms with Crippen molar-refractivity contribution in [3.8, 4) is 11.9 Å². The molecule has 1 aromatic heterocycles. The largest absolute Gasteiger partial charge is 0.480 e. The van der Waals surface area contributed by atoms with Gasteiger partial charge in [-0.05, 0) is 6.07 Å². The summed E-state index contributed by atoms with van der Waals surface area (Å²) in [6.07, 6.45) is -2.87. The molecule has 0 aliphatic heterocycles. The number of nitrogens with zero attached hydrogens (tertiary/aromatic N) is 2. The minimum Gasteiger partial charge on any atom is -0.480 e. The van der Waals surface area contributed by atoms with Crippen LogP contribution in [0.1, 0.15) is 28.0 Å². The number of pyridine rings is 1. The van der Waals surface area contributed by atoms with Crippen molar-refractivity contribution in [3.63, 3.8) is 0 Å². The molecule has 0 aliphatic rings. The van der Waals surface area contributed by atoms with Crippen molar-refractivity contribution in [3.05, 3.63) is 22.9 Å². The number of carbonyl (C=O) groups excluding carboxylic acids is 1. The molecule has 0 saturated carbocycles. The third kappa shape index (κ3) is 2.47. The van der Waals surface area contributed by atoms with Crippen molar-refractivity contribution in [2.75, 3.05) is 14.2 Å². The molecule has 0 aliphatic carbocycles. The second kappa shape index (κ2) is 5.21. The summed E-state index contributed by atoms with van der Waals surface area (Å²) in [5.41, 5.74) is -1.18. The molecule has 1 rings (SSSR count). The first-order valence-corrected chi connectivity index (χ1v) is 4.40. The molecule has 5 nitrogen and oxygen atoms in total. The SMILES string of the molecule is COC(=O)c1cc(C(F)F)nc(OC)c1C#N. The number of nitriles is 1. The summed E-state index contributed by atoms with van der Waals surface area (Å²) in [7, 11) is 2.25. The van der Waals surface area contributed by atoms with Crippen LogP contribution in [0.2, 0.25) is 0 Å². The Morgan fingerprint density at radius 3 is 2.59 bits per heavy atom. The quantitative estimate of drug-likeness (QED) is 0.754. The highest BCUT2D eigenvalue weighted by Crippen LogP contribution is 2.26. The number of methoxy groups -OCH3 is 2. The summed E-state index contributed by atoms with van der Waals surface area (Å²) in [4.78, 5) is 14.8. The number of ether oxygens (including phenoxy) is 2. The van der Waals surface area contributed by atoms with E-state index in [0.29, 0.717) is 0 Å². The minimum atomic E-state index is -2.87. The van der Waals surface area contributed by atoms with E-state index in [0.717, 1.165) is 13.2 Å². The molecule has 0 unspecified atom stereocenters. The number of rotatable bonds is 3. The molecule has 1 aromatic rings. The molecule has 0 bridgehead atoms. The zero-order chi connectivity index (χ0) is 13.0. The summed E-state index contributed by atoms with van der Waals surface area (Å²) in [6, 6.07) is 2.48. The molecule has 0 amide bonds. The zero-order valence-corrected chi connectivity index (χ0v) is 9.03. The van der Waals surface area contributed by atoms with Crippen LogP contribution >= 0.6 is 0 Å². The fourth-order valence-corrected chi connectivity index (χ4v) is 1.18. The van der Waals surface area contributed by atoms with Gasteiger partial charge in [0.1, 0.15) is 17.3 Å². The lowest BCUT2D eigenvalue weighted by Gasteiger charge is -2.08. The second-order valence-electron chi connectivity index (χ2n) is 2.88. The highest BCUT2D eigenvalue weighted by atomic mass is 19.3. The van der Waals surface area contributed by atoms with Crippen LogP contribution in [0.15, 0.2) is 6.07 Å². The second-order valence-corrected chi connectivity index (χ2v) is 2.88. The predicted octanol–water partition coefficient (Wildman–Crippen LogP) is 1.69. The van der Waals surface area contributed by atoms with Gasteiger partial charge in [0.2, 0.25) is 5.88 Å². The van der Waals surface area contributed by atoms with E-state index in [1.165, 1.54) is 7.11 Å². The van der Waals surface area contributed by atoms with Crippen LogP contribution in [0.25, 0.3) is 0 Å². The van der Waals surface area contributed by atoms with Crippen molar-refractivity contribution in [1.29, 1.82) is 5.26 Å². The number of hydrogen-bond donors (Lipinski definition) is 0. The molecule has 0 aromatic carbocycles. The van der Waals surface area contributed by atoms with Gasteiger partial charge in [-0.2, -0.15) is 5.26 Å². The molecule has 1 heterocycles. The highest BCUT2D eigenvalue weighted by Gasteiger charge is 2.22. The van der Waals surface area contributed by atoms with Crippen LogP contribution in [0, 0.1) is 11.3 Å². The normalized spacial score (nSPS) is 9.88. The van der Waals surface area contributed by atoms with Crippen molar-refractivity contribution < 1.29 is 23.0 Å². The summed E-state index contributed by atoms with van der Waals surface area (Å²) >= 11 is 0. The zero-order valence-electron chi connectivity index (χ0n) is 9.03. The van der Waals surface area contributed by atoms with Gasteiger partial charge in [0.15, 0.2) is 0 Å². The first-order chi connectivity index (χ1) is 8.04. The van der Waals surface area contributed by atoms with Gasteiger partial charge in [0, 0.05) is 0 Å². The number of aromatic nitrogens is 1. The molecule has 90 valence electrons. The van der Waals surface area contributed by atoms with Crippen LogP contribution < -0.4 is 4.74 Å². The van der Waals surface area contributed by atoms with E-state index in [2.05, 4.69) is 14.5 Å². The Bertz CT molecular complexity index is 483. The van der Waals surface area contributed by atoms with E-state index in [-0.39, 0.29) is 17.0 Å². The third-order valence-electron chi connectivity index (χ3n) is 1.94. The molecule has 7 heteroatoms. The molecule has 0 saturated heterocycles. The molecular weight excluding hydrogens is 234 g/mol. The maximum atomic E-state index is 12.5. The Balaban J connectivity index is 3.49. The Morgan fingerprint density at radius 1 is 1.53 bits per heavy atom. The lowest BCUT2D eigenvalue weighted by molar-refractivity contribution is 0.0599. The first kappa shape index (κ1) is 12.8. The van der Waals surface area contributed by atoms with Gasteiger partial charge in [-0.1, -0.05) is 0 Å². The number of halogens is 2. The molecule has 0 radical (unpaired) electrons. The van der Waals surface area contributed by atoms with Gasteiger partial charge in [-0.15, -0.1) is 0 Å². The van der Waals surface area contributed by atoms with E-state index < -0.39 is 18.1 Å². The van der Waals surface area contributed by atoms with E-state index >= 15 is 0 Å². The standard InChI is InChI=1S/C10H8F2N2O3/c1-16-9-6(4-13)5(10(15)17-2)3-7(14-9)8(11)12/h3,8H,1-2H3. The summed E-state index contributed by atoms with van der Waals surface area (Å²) in [5.74, 6) is -1.23. The highest BCUT2D eigenvalue weighted by molar-refractivity contribution is 5.93. The molecule has 0 N–H and O–H groups in total. The third-order valence-corrected chi connectivity index (χ3v) is 1.94. The van der Waals surface area contributed by atoms with Crippen LogP contribution in [-0.4, -0.2) is 25.2 Å². The lowest BCUT2D eigenvalue weighted by Crippen LogP contribution is -2.09. The van der Waals surface area contributed by atoms with E-state index in [1.54, 1.807) is 6.07 Å². The fourth-order valence-electron chi connectivity index (χ4n) is 1.18. The number of hydrogen-bond acceptors (Lipinski definition) is 5.